The maximum atomic E-state index is 12.6. The zero-order valence-electron chi connectivity index (χ0n) is 17.0. The quantitative estimate of drug-likeness (QED) is 0.641. The first-order valence-corrected chi connectivity index (χ1v) is 10.6. The first-order valence-electron chi connectivity index (χ1n) is 10.6. The largest absolute Gasteiger partial charge is 0.356 e. The molecular formula is C24H31N3O2. The second kappa shape index (κ2) is 11.4. The van der Waals surface area contributed by atoms with Gasteiger partial charge >= 0.3 is 0 Å². The molecule has 1 fully saturated rings. The van der Waals surface area contributed by atoms with Crippen molar-refractivity contribution in [2.45, 2.75) is 38.1 Å². The molecule has 2 N–H and O–H groups in total. The third-order valence-electron chi connectivity index (χ3n) is 5.35. The monoisotopic (exact) mass is 393 g/mol. The molecule has 1 saturated heterocycles. The summed E-state index contributed by atoms with van der Waals surface area (Å²) in [6.07, 6.45) is 5.09. The SMILES string of the molecule is O=C(CC(NC(=O)c1ccccc1)c1ccccc1)NCCCN1CCCCC1. The van der Waals surface area contributed by atoms with Crippen molar-refractivity contribution in [3.8, 4) is 0 Å². The standard InChI is InChI=1S/C24H31N3O2/c28-23(25-15-10-18-27-16-8-3-9-17-27)19-22(20-11-4-1-5-12-20)26-24(29)21-13-6-2-7-14-21/h1-2,4-7,11-14,22H,3,8-10,15-19H2,(H,25,28)(H,26,29). The van der Waals surface area contributed by atoms with Gasteiger partial charge < -0.3 is 15.5 Å². The summed E-state index contributed by atoms with van der Waals surface area (Å²) in [4.78, 5) is 27.6. The van der Waals surface area contributed by atoms with Crippen LogP contribution in [-0.2, 0) is 4.79 Å². The third kappa shape index (κ3) is 7.02. The van der Waals surface area contributed by atoms with Crippen molar-refractivity contribution in [2.24, 2.45) is 0 Å². The second-order valence-corrected chi connectivity index (χ2v) is 7.61. The van der Waals surface area contributed by atoms with Gasteiger partial charge in [0.2, 0.25) is 5.91 Å². The van der Waals surface area contributed by atoms with Gasteiger partial charge in [-0.2, -0.15) is 0 Å². The molecular weight excluding hydrogens is 362 g/mol. The maximum Gasteiger partial charge on any atom is 0.251 e. The molecule has 1 aliphatic heterocycles. The lowest BCUT2D eigenvalue weighted by Crippen LogP contribution is -2.35. The van der Waals surface area contributed by atoms with Crippen LogP contribution in [0.2, 0.25) is 0 Å². The van der Waals surface area contributed by atoms with Crippen LogP contribution >= 0.6 is 0 Å². The Bertz CT molecular complexity index is 758. The molecule has 0 bridgehead atoms. The lowest BCUT2D eigenvalue weighted by atomic mass is 10.0. The van der Waals surface area contributed by atoms with Gasteiger partial charge in [-0.3, -0.25) is 9.59 Å². The number of hydrogen-bond acceptors (Lipinski definition) is 3. The van der Waals surface area contributed by atoms with Crippen molar-refractivity contribution in [3.63, 3.8) is 0 Å². The van der Waals surface area contributed by atoms with E-state index in [-0.39, 0.29) is 24.3 Å². The molecule has 0 radical (unpaired) electrons. The lowest BCUT2D eigenvalue weighted by molar-refractivity contribution is -0.121. The van der Waals surface area contributed by atoms with E-state index in [4.69, 9.17) is 0 Å². The Kier molecular flexibility index (Phi) is 8.25. The highest BCUT2D eigenvalue weighted by atomic mass is 16.2. The number of amides is 2. The van der Waals surface area contributed by atoms with Crippen LogP contribution in [0.3, 0.4) is 0 Å². The fourth-order valence-electron chi connectivity index (χ4n) is 3.74. The van der Waals surface area contributed by atoms with Gasteiger partial charge in [-0.05, 0) is 56.6 Å². The summed E-state index contributed by atoms with van der Waals surface area (Å²) in [5.41, 5.74) is 1.52. The van der Waals surface area contributed by atoms with Crippen LogP contribution in [0.5, 0.6) is 0 Å². The van der Waals surface area contributed by atoms with Crippen LogP contribution < -0.4 is 10.6 Å². The highest BCUT2D eigenvalue weighted by Crippen LogP contribution is 2.17. The molecule has 0 saturated carbocycles. The van der Waals surface area contributed by atoms with E-state index in [2.05, 4.69) is 15.5 Å². The van der Waals surface area contributed by atoms with E-state index in [1.807, 2.05) is 48.5 Å². The van der Waals surface area contributed by atoms with Crippen LogP contribution in [0.1, 0.15) is 54.1 Å². The second-order valence-electron chi connectivity index (χ2n) is 7.61. The zero-order chi connectivity index (χ0) is 20.3. The lowest BCUT2D eigenvalue weighted by Gasteiger charge is -2.26. The molecule has 5 heteroatoms. The van der Waals surface area contributed by atoms with Crippen molar-refractivity contribution < 1.29 is 9.59 Å². The first-order chi connectivity index (χ1) is 14.2. The summed E-state index contributed by atoms with van der Waals surface area (Å²) in [5, 5.41) is 6.03. The van der Waals surface area contributed by atoms with Gasteiger partial charge in [0.1, 0.15) is 0 Å². The van der Waals surface area contributed by atoms with E-state index in [1.54, 1.807) is 12.1 Å². The molecule has 0 spiro atoms. The summed E-state index contributed by atoms with van der Waals surface area (Å²) in [5.74, 6) is -0.205. The predicted octanol–water partition coefficient (Wildman–Crippen LogP) is 3.54. The van der Waals surface area contributed by atoms with Crippen LogP contribution in [-0.4, -0.2) is 42.9 Å². The summed E-state index contributed by atoms with van der Waals surface area (Å²) in [6, 6.07) is 18.4. The first kappa shape index (κ1) is 21.1. The zero-order valence-corrected chi connectivity index (χ0v) is 17.0. The smallest absolute Gasteiger partial charge is 0.251 e. The molecule has 2 aromatic rings. The van der Waals surface area contributed by atoms with Crippen LogP contribution in [0.15, 0.2) is 60.7 Å². The van der Waals surface area contributed by atoms with Gasteiger partial charge in [0.05, 0.1) is 12.5 Å². The molecule has 0 aliphatic carbocycles. The summed E-state index contributed by atoms with van der Waals surface area (Å²) in [6.45, 7) is 4.06. The average Bonchev–Trinajstić information content (AvgIpc) is 2.78. The van der Waals surface area contributed by atoms with Gasteiger partial charge in [-0.25, -0.2) is 0 Å². The molecule has 0 aromatic heterocycles. The number of likely N-dealkylation sites (tertiary alicyclic amines) is 1. The van der Waals surface area contributed by atoms with Crippen molar-refractivity contribution in [3.05, 3.63) is 71.8 Å². The Labute approximate surface area is 173 Å². The highest BCUT2D eigenvalue weighted by molar-refractivity contribution is 5.94. The minimum Gasteiger partial charge on any atom is -0.356 e. The normalized spacial score (nSPS) is 15.4. The van der Waals surface area contributed by atoms with E-state index in [0.717, 1.165) is 18.5 Å². The summed E-state index contributed by atoms with van der Waals surface area (Å²) < 4.78 is 0. The summed E-state index contributed by atoms with van der Waals surface area (Å²) >= 11 is 0. The van der Waals surface area contributed by atoms with Crippen molar-refractivity contribution >= 4 is 11.8 Å². The fourth-order valence-corrected chi connectivity index (χ4v) is 3.74. The molecule has 2 amide bonds. The van der Waals surface area contributed by atoms with Gasteiger partial charge in [0, 0.05) is 12.1 Å². The molecule has 29 heavy (non-hydrogen) atoms. The maximum absolute atomic E-state index is 12.6. The van der Waals surface area contributed by atoms with Gasteiger partial charge in [0.25, 0.3) is 5.91 Å². The molecule has 1 heterocycles. The third-order valence-corrected chi connectivity index (χ3v) is 5.35. The highest BCUT2D eigenvalue weighted by Gasteiger charge is 2.19. The van der Waals surface area contributed by atoms with Crippen molar-refractivity contribution in [1.82, 2.24) is 15.5 Å². The molecule has 1 unspecified atom stereocenters. The van der Waals surface area contributed by atoms with Crippen LogP contribution in [0.4, 0.5) is 0 Å². The molecule has 154 valence electrons. The Morgan fingerprint density at radius 2 is 1.55 bits per heavy atom. The van der Waals surface area contributed by atoms with Crippen molar-refractivity contribution in [2.75, 3.05) is 26.2 Å². The van der Waals surface area contributed by atoms with E-state index in [9.17, 15) is 9.59 Å². The Morgan fingerprint density at radius 3 is 2.24 bits per heavy atom. The Morgan fingerprint density at radius 1 is 0.897 bits per heavy atom. The molecule has 3 rings (SSSR count). The number of benzene rings is 2. The number of piperidine rings is 1. The van der Waals surface area contributed by atoms with Crippen LogP contribution in [0, 0.1) is 0 Å². The minimum atomic E-state index is -0.356. The molecule has 5 nitrogen and oxygen atoms in total. The minimum absolute atomic E-state index is 0.0362. The molecule has 2 aromatic carbocycles. The topological polar surface area (TPSA) is 61.4 Å². The van der Waals surface area contributed by atoms with Crippen LogP contribution in [0.25, 0.3) is 0 Å². The van der Waals surface area contributed by atoms with Gasteiger partial charge in [-0.15, -0.1) is 0 Å². The molecule has 1 aliphatic rings. The average molecular weight is 394 g/mol. The predicted molar refractivity (Wildman–Crippen MR) is 116 cm³/mol. The molecule has 1 atom stereocenters. The summed E-state index contributed by atoms with van der Waals surface area (Å²) in [7, 11) is 0. The van der Waals surface area contributed by atoms with Crippen molar-refractivity contribution in [1.29, 1.82) is 0 Å². The Balaban J connectivity index is 1.51. The van der Waals surface area contributed by atoms with Gasteiger partial charge in [0.15, 0.2) is 0 Å². The van der Waals surface area contributed by atoms with E-state index < -0.39 is 0 Å². The number of rotatable bonds is 9. The van der Waals surface area contributed by atoms with Gasteiger partial charge in [-0.1, -0.05) is 55.0 Å². The van der Waals surface area contributed by atoms with E-state index in [1.165, 1.54) is 32.4 Å². The Hall–Kier alpha value is -2.66. The number of nitrogens with zero attached hydrogens (tertiary/aromatic N) is 1. The number of hydrogen-bond donors (Lipinski definition) is 2. The number of carbonyl (C=O) groups is 2. The number of carbonyl (C=O) groups excluding carboxylic acids is 2. The number of nitrogens with one attached hydrogen (secondary N) is 2. The van der Waals surface area contributed by atoms with E-state index in [0.29, 0.717) is 12.1 Å². The van der Waals surface area contributed by atoms with E-state index >= 15 is 0 Å². The fraction of sp³-hybridized carbons (Fsp3) is 0.417.